The van der Waals surface area contributed by atoms with Crippen molar-refractivity contribution in [2.24, 2.45) is 13.0 Å². The second kappa shape index (κ2) is 10.7. The molecule has 0 fully saturated rings. The van der Waals surface area contributed by atoms with Crippen molar-refractivity contribution in [2.75, 3.05) is 25.0 Å². The molecule has 1 aromatic heterocycles. The van der Waals surface area contributed by atoms with Crippen molar-refractivity contribution >= 4 is 17.6 Å². The average molecular weight is 399 g/mol. The average Bonchev–Trinajstić information content (AvgIpc) is 3.05. The van der Waals surface area contributed by atoms with Crippen LogP contribution >= 0.6 is 0 Å². The van der Waals surface area contributed by atoms with E-state index in [-0.39, 0.29) is 18.5 Å². The number of carbonyl (C=O) groups excluding carboxylic acids is 2. The van der Waals surface area contributed by atoms with Gasteiger partial charge in [-0.2, -0.15) is 0 Å². The molecule has 0 saturated heterocycles. The number of aromatic nitrogens is 1. The van der Waals surface area contributed by atoms with Crippen LogP contribution in [0.1, 0.15) is 38.4 Å². The number of aryl methyl sites for hydroxylation is 2. The SMILES string of the molecule is CCCN(CC(=O)N(Cc1cccn1C)CC(C)C)C(=O)Nc1cccc(C)c1. The number of amides is 3. The van der Waals surface area contributed by atoms with Crippen molar-refractivity contribution in [3.05, 3.63) is 53.9 Å². The topological polar surface area (TPSA) is 57.6 Å². The van der Waals surface area contributed by atoms with Crippen molar-refractivity contribution in [3.63, 3.8) is 0 Å². The van der Waals surface area contributed by atoms with Gasteiger partial charge < -0.3 is 19.7 Å². The highest BCUT2D eigenvalue weighted by Crippen LogP contribution is 2.12. The van der Waals surface area contributed by atoms with Crippen molar-refractivity contribution in [1.82, 2.24) is 14.4 Å². The molecule has 1 N–H and O–H groups in total. The summed E-state index contributed by atoms with van der Waals surface area (Å²) in [6.07, 6.45) is 2.77. The number of anilines is 1. The highest BCUT2D eigenvalue weighted by Gasteiger charge is 2.22. The molecule has 1 heterocycles. The zero-order valence-electron chi connectivity index (χ0n) is 18.3. The van der Waals surface area contributed by atoms with E-state index in [1.165, 1.54) is 0 Å². The first kappa shape index (κ1) is 22.5. The number of hydrogen-bond donors (Lipinski definition) is 1. The minimum Gasteiger partial charge on any atom is -0.353 e. The van der Waals surface area contributed by atoms with Crippen LogP contribution in [0.25, 0.3) is 0 Å². The number of nitrogens with one attached hydrogen (secondary N) is 1. The molecule has 0 aliphatic heterocycles. The van der Waals surface area contributed by atoms with E-state index in [0.29, 0.717) is 25.6 Å². The van der Waals surface area contributed by atoms with Gasteiger partial charge in [0, 0.05) is 37.7 Å². The first-order chi connectivity index (χ1) is 13.8. The number of carbonyl (C=O) groups is 2. The number of hydrogen-bond acceptors (Lipinski definition) is 2. The van der Waals surface area contributed by atoms with Crippen LogP contribution in [0.4, 0.5) is 10.5 Å². The fourth-order valence-electron chi connectivity index (χ4n) is 3.26. The lowest BCUT2D eigenvalue weighted by Crippen LogP contribution is -2.45. The fraction of sp³-hybridized carbons (Fsp3) is 0.478. The van der Waals surface area contributed by atoms with Gasteiger partial charge in [-0.1, -0.05) is 32.9 Å². The van der Waals surface area contributed by atoms with Gasteiger partial charge in [0.1, 0.15) is 6.54 Å². The zero-order valence-corrected chi connectivity index (χ0v) is 18.3. The maximum atomic E-state index is 13.1. The van der Waals surface area contributed by atoms with E-state index in [1.807, 2.05) is 73.0 Å². The first-order valence-electron chi connectivity index (χ1n) is 10.3. The molecule has 0 atom stereocenters. The second-order valence-electron chi connectivity index (χ2n) is 8.00. The van der Waals surface area contributed by atoms with Gasteiger partial charge in [-0.15, -0.1) is 0 Å². The van der Waals surface area contributed by atoms with E-state index in [2.05, 4.69) is 19.2 Å². The molecule has 2 aromatic rings. The molecule has 1 aromatic carbocycles. The fourth-order valence-corrected chi connectivity index (χ4v) is 3.26. The number of nitrogens with zero attached hydrogens (tertiary/aromatic N) is 3. The molecule has 0 aliphatic carbocycles. The molecule has 6 heteroatoms. The minimum atomic E-state index is -0.242. The van der Waals surface area contributed by atoms with E-state index in [0.717, 1.165) is 23.4 Å². The Kier molecular flexibility index (Phi) is 8.31. The Morgan fingerprint density at radius 1 is 1.14 bits per heavy atom. The molecule has 0 radical (unpaired) electrons. The summed E-state index contributed by atoms with van der Waals surface area (Å²) in [5.41, 5.74) is 2.89. The van der Waals surface area contributed by atoms with Gasteiger partial charge in [0.2, 0.25) is 5.91 Å². The van der Waals surface area contributed by atoms with Crippen molar-refractivity contribution in [2.45, 2.75) is 40.7 Å². The van der Waals surface area contributed by atoms with E-state index in [1.54, 1.807) is 4.90 Å². The largest absolute Gasteiger partial charge is 0.353 e. The summed E-state index contributed by atoms with van der Waals surface area (Å²) < 4.78 is 2.02. The lowest BCUT2D eigenvalue weighted by atomic mass is 10.2. The number of urea groups is 1. The maximum Gasteiger partial charge on any atom is 0.322 e. The molecule has 3 amide bonds. The molecule has 0 saturated carbocycles. The minimum absolute atomic E-state index is 0.0345. The van der Waals surface area contributed by atoms with Gasteiger partial charge in [0.15, 0.2) is 0 Å². The number of rotatable bonds is 9. The second-order valence-corrected chi connectivity index (χ2v) is 8.00. The van der Waals surface area contributed by atoms with Crippen LogP contribution in [-0.4, -0.2) is 45.9 Å². The Labute approximate surface area is 174 Å². The van der Waals surface area contributed by atoms with E-state index in [4.69, 9.17) is 0 Å². The summed E-state index contributed by atoms with van der Waals surface area (Å²) in [6, 6.07) is 11.4. The highest BCUT2D eigenvalue weighted by atomic mass is 16.2. The molecular weight excluding hydrogens is 364 g/mol. The molecule has 0 bridgehead atoms. The third-order valence-corrected chi connectivity index (χ3v) is 4.72. The van der Waals surface area contributed by atoms with Gasteiger partial charge in [-0.3, -0.25) is 4.79 Å². The highest BCUT2D eigenvalue weighted by molar-refractivity contribution is 5.92. The van der Waals surface area contributed by atoms with Crippen LogP contribution in [0.2, 0.25) is 0 Å². The van der Waals surface area contributed by atoms with Crippen LogP contribution in [0.3, 0.4) is 0 Å². The van der Waals surface area contributed by atoms with Crippen LogP contribution in [-0.2, 0) is 18.4 Å². The standard InChI is InChI=1S/C23H34N4O2/c1-6-12-26(23(29)24-20-10-7-9-19(4)14-20)17-22(28)27(15-18(2)3)16-21-11-8-13-25(21)5/h7-11,13-14,18H,6,12,15-17H2,1-5H3,(H,24,29). The van der Waals surface area contributed by atoms with Crippen molar-refractivity contribution < 1.29 is 9.59 Å². The third kappa shape index (κ3) is 6.97. The summed E-state index contributed by atoms with van der Waals surface area (Å²) in [6.45, 7) is 9.98. The van der Waals surface area contributed by atoms with Crippen LogP contribution in [0.5, 0.6) is 0 Å². The van der Waals surface area contributed by atoms with Gasteiger partial charge in [0.05, 0.1) is 6.54 Å². The Balaban J connectivity index is 2.09. The Morgan fingerprint density at radius 3 is 2.48 bits per heavy atom. The lowest BCUT2D eigenvalue weighted by molar-refractivity contribution is -0.133. The third-order valence-electron chi connectivity index (χ3n) is 4.72. The van der Waals surface area contributed by atoms with Gasteiger partial charge >= 0.3 is 6.03 Å². The normalized spacial score (nSPS) is 10.8. The quantitative estimate of drug-likeness (QED) is 0.686. The molecule has 29 heavy (non-hydrogen) atoms. The summed E-state index contributed by atoms with van der Waals surface area (Å²) in [5, 5.41) is 2.92. The maximum absolute atomic E-state index is 13.1. The van der Waals surface area contributed by atoms with Crippen LogP contribution in [0.15, 0.2) is 42.6 Å². The van der Waals surface area contributed by atoms with Crippen molar-refractivity contribution in [1.29, 1.82) is 0 Å². The smallest absolute Gasteiger partial charge is 0.322 e. The number of benzene rings is 1. The molecule has 158 valence electrons. The molecular formula is C23H34N4O2. The van der Waals surface area contributed by atoms with Crippen LogP contribution in [0, 0.1) is 12.8 Å². The zero-order chi connectivity index (χ0) is 21.4. The Morgan fingerprint density at radius 2 is 1.90 bits per heavy atom. The summed E-state index contributed by atoms with van der Waals surface area (Å²) in [5.74, 6) is 0.313. The molecule has 6 nitrogen and oxygen atoms in total. The summed E-state index contributed by atoms with van der Waals surface area (Å²) in [7, 11) is 1.98. The van der Waals surface area contributed by atoms with Gasteiger partial charge in [0.25, 0.3) is 0 Å². The Bertz CT molecular complexity index is 813. The van der Waals surface area contributed by atoms with Crippen molar-refractivity contribution in [3.8, 4) is 0 Å². The summed E-state index contributed by atoms with van der Waals surface area (Å²) in [4.78, 5) is 29.4. The van der Waals surface area contributed by atoms with Gasteiger partial charge in [-0.25, -0.2) is 4.79 Å². The first-order valence-corrected chi connectivity index (χ1v) is 10.3. The summed E-state index contributed by atoms with van der Waals surface area (Å²) >= 11 is 0. The molecule has 0 aliphatic rings. The predicted octanol–water partition coefficient (Wildman–Crippen LogP) is 4.26. The monoisotopic (exact) mass is 398 g/mol. The predicted molar refractivity (Wildman–Crippen MR) is 118 cm³/mol. The molecule has 2 rings (SSSR count). The van der Waals surface area contributed by atoms with Crippen LogP contribution < -0.4 is 5.32 Å². The van der Waals surface area contributed by atoms with E-state index < -0.39 is 0 Å². The van der Waals surface area contributed by atoms with E-state index >= 15 is 0 Å². The molecule has 0 unspecified atom stereocenters. The van der Waals surface area contributed by atoms with E-state index in [9.17, 15) is 9.59 Å². The Hall–Kier alpha value is -2.76. The lowest BCUT2D eigenvalue weighted by Gasteiger charge is -2.29. The van der Waals surface area contributed by atoms with Gasteiger partial charge in [-0.05, 0) is 49.1 Å². The molecule has 0 spiro atoms.